The van der Waals surface area contributed by atoms with Crippen LogP contribution >= 0.6 is 11.8 Å². The standard InChI is InChI=1S/C14H21N2S.ClHO4/c1-15(2)10-14(11-16(3)4)17-12-13-8-6-5-7-9-13;2-1(3,4)5/h5-11H,12H2,1-4H3;(H,2,3,4,5)/q+1;/p-1. The maximum absolute atomic E-state index is 8.49. The van der Waals surface area contributed by atoms with E-state index < -0.39 is 10.2 Å². The van der Waals surface area contributed by atoms with E-state index in [1.807, 2.05) is 40.0 Å². The molecule has 1 rings (SSSR count). The Balaban J connectivity index is 0.000000763. The molecule has 0 radical (unpaired) electrons. The highest BCUT2D eigenvalue weighted by atomic mass is 35.7. The molecule has 1 aromatic carbocycles. The molecule has 0 heterocycles. The molecular formula is C14H21ClN2O4S. The first-order valence-electron chi connectivity index (χ1n) is 6.26. The number of benzene rings is 1. The van der Waals surface area contributed by atoms with Gasteiger partial charge in [0.15, 0.2) is 6.21 Å². The summed E-state index contributed by atoms with van der Waals surface area (Å²) in [7, 11) is 3.25. The number of thioether (sulfide) groups is 1. The van der Waals surface area contributed by atoms with Crippen molar-refractivity contribution in [2.45, 2.75) is 5.75 Å². The summed E-state index contributed by atoms with van der Waals surface area (Å²) in [4.78, 5) is 3.34. The lowest BCUT2D eigenvalue weighted by Gasteiger charge is -2.17. The molecule has 22 heavy (non-hydrogen) atoms. The van der Waals surface area contributed by atoms with E-state index in [0.717, 1.165) is 5.75 Å². The fraction of sp³-hybridized carbons (Fsp3) is 0.357. The van der Waals surface area contributed by atoms with Crippen LogP contribution in [0.1, 0.15) is 5.56 Å². The van der Waals surface area contributed by atoms with E-state index in [1.165, 1.54) is 10.5 Å². The largest absolute Gasteiger partial charge is 0.382 e. The van der Waals surface area contributed by atoms with E-state index in [-0.39, 0.29) is 0 Å². The van der Waals surface area contributed by atoms with Gasteiger partial charge in [-0.15, -0.1) is 22.0 Å². The molecule has 0 bridgehead atoms. The van der Waals surface area contributed by atoms with Crippen LogP contribution in [0.3, 0.4) is 0 Å². The third kappa shape index (κ3) is 15.3. The molecule has 8 heteroatoms. The number of allylic oxidation sites excluding steroid dienone is 1. The van der Waals surface area contributed by atoms with Crippen molar-refractivity contribution in [2.24, 2.45) is 0 Å². The minimum absolute atomic E-state index is 1.00. The van der Waals surface area contributed by atoms with Crippen LogP contribution in [0.5, 0.6) is 0 Å². The van der Waals surface area contributed by atoms with E-state index in [4.69, 9.17) is 18.6 Å². The summed E-state index contributed by atoms with van der Waals surface area (Å²) < 4.78 is 36.0. The zero-order valence-electron chi connectivity index (χ0n) is 13.1. The van der Waals surface area contributed by atoms with Crippen molar-refractivity contribution < 1.29 is 33.5 Å². The Morgan fingerprint density at radius 3 is 2.05 bits per heavy atom. The van der Waals surface area contributed by atoms with E-state index in [1.54, 1.807) is 0 Å². The number of rotatable bonds is 5. The lowest BCUT2D eigenvalue weighted by atomic mass is 10.2. The molecular weight excluding hydrogens is 328 g/mol. The van der Waals surface area contributed by atoms with Crippen molar-refractivity contribution in [3.63, 3.8) is 0 Å². The van der Waals surface area contributed by atoms with E-state index in [9.17, 15) is 0 Å². The molecule has 0 amide bonds. The van der Waals surface area contributed by atoms with Gasteiger partial charge in [0, 0.05) is 26.0 Å². The Morgan fingerprint density at radius 1 is 1.14 bits per heavy atom. The van der Waals surface area contributed by atoms with Gasteiger partial charge in [-0.2, -0.15) is 0 Å². The van der Waals surface area contributed by atoms with Gasteiger partial charge in [-0.1, -0.05) is 30.3 Å². The molecule has 0 fully saturated rings. The first kappa shape index (κ1) is 20.9. The van der Waals surface area contributed by atoms with Crippen molar-refractivity contribution in [1.82, 2.24) is 4.90 Å². The van der Waals surface area contributed by atoms with Crippen molar-refractivity contribution in [3.8, 4) is 0 Å². The Morgan fingerprint density at radius 2 is 1.64 bits per heavy atom. The lowest BCUT2D eigenvalue weighted by molar-refractivity contribution is -2.00. The van der Waals surface area contributed by atoms with Gasteiger partial charge in [0.2, 0.25) is 0 Å². The smallest absolute Gasteiger partial charge is 0.178 e. The van der Waals surface area contributed by atoms with Crippen molar-refractivity contribution >= 4 is 18.0 Å². The van der Waals surface area contributed by atoms with Gasteiger partial charge < -0.3 is 4.90 Å². The normalized spacial score (nSPS) is 11.4. The molecule has 0 spiro atoms. The SMILES string of the molecule is CN(C)/C=C(/C=[N+](C)C)SCc1ccccc1.[O-][Cl+3]([O-])([O-])[O-]. The molecule has 0 saturated heterocycles. The van der Waals surface area contributed by atoms with Crippen molar-refractivity contribution in [3.05, 3.63) is 47.0 Å². The average molecular weight is 349 g/mol. The Labute approximate surface area is 137 Å². The molecule has 0 aliphatic rings. The highest BCUT2D eigenvalue weighted by Gasteiger charge is 2.01. The Bertz CT molecular complexity index is 477. The van der Waals surface area contributed by atoms with Crippen molar-refractivity contribution in [2.75, 3.05) is 28.2 Å². The summed E-state index contributed by atoms with van der Waals surface area (Å²) >= 11 is 1.85. The predicted molar refractivity (Wildman–Crippen MR) is 77.7 cm³/mol. The third-order valence-corrected chi connectivity index (χ3v) is 3.04. The van der Waals surface area contributed by atoms with E-state index in [0.29, 0.717) is 0 Å². The van der Waals surface area contributed by atoms with Crippen LogP contribution in [0.4, 0.5) is 0 Å². The fourth-order valence-corrected chi connectivity index (χ4v) is 2.45. The predicted octanol–water partition coefficient (Wildman–Crippen LogP) is -2.09. The second-order valence-corrected chi connectivity index (χ2v) is 6.54. The summed E-state index contributed by atoms with van der Waals surface area (Å²) in [5.41, 5.74) is 1.36. The topological polar surface area (TPSA) is 98.5 Å². The monoisotopic (exact) mass is 348 g/mol. The molecule has 0 atom stereocenters. The maximum Gasteiger partial charge on any atom is 0.178 e. The van der Waals surface area contributed by atoms with E-state index >= 15 is 0 Å². The van der Waals surface area contributed by atoms with Crippen LogP contribution in [0, 0.1) is 10.2 Å². The number of hydrogen-bond donors (Lipinski definition) is 0. The Hall–Kier alpha value is -1.09. The maximum atomic E-state index is 8.49. The van der Waals surface area contributed by atoms with Crippen LogP contribution in [0.15, 0.2) is 41.4 Å². The molecule has 0 saturated carbocycles. The minimum Gasteiger partial charge on any atom is -0.382 e. The molecule has 0 aromatic heterocycles. The molecule has 0 N–H and O–H groups in total. The first-order chi connectivity index (χ1) is 10.1. The summed E-state index contributed by atoms with van der Waals surface area (Å²) in [5.74, 6) is 1.00. The summed E-state index contributed by atoms with van der Waals surface area (Å²) in [6.07, 6.45) is 4.29. The lowest BCUT2D eigenvalue weighted by Crippen LogP contribution is -2.68. The highest BCUT2D eigenvalue weighted by Crippen LogP contribution is 2.19. The van der Waals surface area contributed by atoms with Gasteiger partial charge in [0.05, 0.1) is 4.91 Å². The molecule has 0 aliphatic heterocycles. The minimum atomic E-state index is -4.94. The zero-order valence-corrected chi connectivity index (χ0v) is 14.6. The number of nitrogens with zero attached hydrogens (tertiary/aromatic N) is 2. The van der Waals surface area contributed by atoms with Crippen LogP contribution in [0.25, 0.3) is 0 Å². The van der Waals surface area contributed by atoms with Crippen LogP contribution < -0.4 is 18.6 Å². The van der Waals surface area contributed by atoms with Gasteiger partial charge in [0.25, 0.3) is 0 Å². The third-order valence-electron chi connectivity index (χ3n) is 2.02. The van der Waals surface area contributed by atoms with Crippen LogP contribution in [-0.2, 0) is 5.75 Å². The second-order valence-electron chi connectivity index (χ2n) is 4.74. The molecule has 6 nitrogen and oxygen atoms in total. The number of hydrogen-bond acceptors (Lipinski definition) is 6. The Kier molecular flexibility index (Phi) is 10.1. The molecule has 1 aromatic rings. The summed E-state index contributed by atoms with van der Waals surface area (Å²) in [6.45, 7) is 0. The van der Waals surface area contributed by atoms with Gasteiger partial charge in [-0.05, 0) is 5.56 Å². The first-order valence-corrected chi connectivity index (χ1v) is 8.48. The molecule has 0 unspecified atom stereocenters. The summed E-state index contributed by atoms with van der Waals surface area (Å²) in [6, 6.07) is 10.5. The zero-order chi connectivity index (χ0) is 17.2. The quantitative estimate of drug-likeness (QED) is 0.447. The molecule has 124 valence electrons. The number of halogens is 1. The fourth-order valence-electron chi connectivity index (χ4n) is 1.36. The van der Waals surface area contributed by atoms with Gasteiger partial charge in [-0.3, -0.25) is 0 Å². The second kappa shape index (κ2) is 10.6. The van der Waals surface area contributed by atoms with Crippen LogP contribution in [0.2, 0.25) is 0 Å². The van der Waals surface area contributed by atoms with Crippen LogP contribution in [-0.4, -0.2) is 43.9 Å². The van der Waals surface area contributed by atoms with Crippen molar-refractivity contribution in [1.29, 1.82) is 0 Å². The van der Waals surface area contributed by atoms with E-state index in [2.05, 4.69) is 52.2 Å². The van der Waals surface area contributed by atoms with Gasteiger partial charge in [0.1, 0.15) is 14.1 Å². The highest BCUT2D eigenvalue weighted by molar-refractivity contribution is 8.03. The van der Waals surface area contributed by atoms with Gasteiger partial charge in [-0.25, -0.2) is 23.2 Å². The molecule has 0 aliphatic carbocycles. The summed E-state index contributed by atoms with van der Waals surface area (Å²) in [5, 5.41) is 0. The van der Waals surface area contributed by atoms with Gasteiger partial charge >= 0.3 is 0 Å². The average Bonchev–Trinajstić information content (AvgIpc) is 2.34.